The monoisotopic (exact) mass is 493 g/mol. The van der Waals surface area contributed by atoms with Gasteiger partial charge in [0.05, 0.1) is 16.1 Å². The van der Waals surface area contributed by atoms with Crippen molar-refractivity contribution in [2.45, 2.75) is 63.7 Å². The maximum absolute atomic E-state index is 13.8. The van der Waals surface area contributed by atoms with Gasteiger partial charge in [-0.25, -0.2) is 13.2 Å². The minimum Gasteiger partial charge on any atom is -0.478 e. The molecule has 0 aliphatic heterocycles. The number of carboxylic acids is 1. The van der Waals surface area contributed by atoms with Crippen LogP contribution < -0.4 is 4.31 Å². The highest BCUT2D eigenvalue weighted by Gasteiger charge is 2.26. The topological polar surface area (TPSA) is 74.7 Å². The first-order chi connectivity index (χ1) is 16.8. The number of aromatic carboxylic acids is 1. The van der Waals surface area contributed by atoms with Crippen LogP contribution in [-0.4, -0.2) is 26.0 Å². The van der Waals surface area contributed by atoms with Crippen LogP contribution in [0.1, 0.15) is 66.1 Å². The van der Waals surface area contributed by atoms with Crippen LogP contribution in [0.25, 0.3) is 0 Å². The molecular formula is C29H35NO4S. The molecular weight excluding hydrogens is 458 g/mol. The standard InChI is InChI=1S/C29H35NO4S/c1-3-4-5-6-9-22-30(35(33,34)27-20-12-23(2)13-21-27)28-11-8-7-10-25(28)17-14-24-15-18-26(19-16-24)29(31)32/h7-8,10-13,15-16,18-21H,3-6,9,14,17,22H2,1-2H3,(H,31,32). The molecule has 0 spiro atoms. The van der Waals surface area contributed by atoms with Crippen LogP contribution in [0.3, 0.4) is 0 Å². The molecule has 0 aliphatic carbocycles. The Kier molecular flexibility index (Phi) is 9.49. The first-order valence-electron chi connectivity index (χ1n) is 12.3. The van der Waals surface area contributed by atoms with Crippen LogP contribution in [0, 0.1) is 6.92 Å². The van der Waals surface area contributed by atoms with Gasteiger partial charge >= 0.3 is 5.97 Å². The first kappa shape index (κ1) is 26.5. The highest BCUT2D eigenvalue weighted by atomic mass is 32.2. The summed E-state index contributed by atoms with van der Waals surface area (Å²) in [5, 5.41) is 9.12. The van der Waals surface area contributed by atoms with Crippen LogP contribution in [0.5, 0.6) is 0 Å². The van der Waals surface area contributed by atoms with Gasteiger partial charge in [-0.15, -0.1) is 0 Å². The molecule has 3 aromatic rings. The molecule has 3 aromatic carbocycles. The van der Waals surface area contributed by atoms with Gasteiger partial charge in [-0.2, -0.15) is 0 Å². The number of hydrogen-bond donors (Lipinski definition) is 1. The summed E-state index contributed by atoms with van der Waals surface area (Å²) in [6, 6.07) is 21.6. The van der Waals surface area contributed by atoms with E-state index in [0.717, 1.165) is 48.8 Å². The summed E-state index contributed by atoms with van der Waals surface area (Å²) >= 11 is 0. The maximum atomic E-state index is 13.8. The minimum absolute atomic E-state index is 0.257. The smallest absolute Gasteiger partial charge is 0.335 e. The number of unbranched alkanes of at least 4 members (excludes halogenated alkanes) is 4. The van der Waals surface area contributed by atoms with E-state index in [9.17, 15) is 13.2 Å². The summed E-state index contributed by atoms with van der Waals surface area (Å²) in [6.07, 6.45) is 6.53. The molecule has 1 N–H and O–H groups in total. The molecule has 0 radical (unpaired) electrons. The molecule has 186 valence electrons. The fourth-order valence-corrected chi connectivity index (χ4v) is 5.67. The lowest BCUT2D eigenvalue weighted by molar-refractivity contribution is 0.0697. The Morgan fingerprint density at radius 2 is 1.49 bits per heavy atom. The number of rotatable bonds is 13. The lowest BCUT2D eigenvalue weighted by atomic mass is 10.0. The molecule has 35 heavy (non-hydrogen) atoms. The van der Waals surface area contributed by atoms with Crippen LogP contribution in [0.2, 0.25) is 0 Å². The second-order valence-electron chi connectivity index (χ2n) is 8.94. The molecule has 6 heteroatoms. The Labute approximate surface area is 209 Å². The van der Waals surface area contributed by atoms with Gasteiger partial charge in [0.25, 0.3) is 10.0 Å². The SMILES string of the molecule is CCCCCCCN(c1ccccc1CCc1ccc(C(=O)O)cc1)S(=O)(=O)c1ccc(C)cc1. The van der Waals surface area contributed by atoms with Gasteiger partial charge in [0.1, 0.15) is 0 Å². The van der Waals surface area contributed by atoms with Crippen LogP contribution in [0.4, 0.5) is 5.69 Å². The third kappa shape index (κ3) is 7.18. The Bertz CT molecular complexity index is 1200. The van der Waals surface area contributed by atoms with Crippen LogP contribution >= 0.6 is 0 Å². The van der Waals surface area contributed by atoms with Crippen molar-refractivity contribution in [2.75, 3.05) is 10.8 Å². The van der Waals surface area contributed by atoms with Crippen molar-refractivity contribution in [3.8, 4) is 0 Å². The zero-order valence-corrected chi connectivity index (χ0v) is 21.4. The summed E-state index contributed by atoms with van der Waals surface area (Å²) in [5.41, 5.74) is 3.96. The summed E-state index contributed by atoms with van der Waals surface area (Å²) in [4.78, 5) is 11.4. The lowest BCUT2D eigenvalue weighted by Gasteiger charge is -2.27. The van der Waals surface area contributed by atoms with Crippen molar-refractivity contribution in [3.63, 3.8) is 0 Å². The number of hydrogen-bond acceptors (Lipinski definition) is 3. The van der Waals surface area contributed by atoms with Gasteiger partial charge in [-0.1, -0.05) is 80.6 Å². The zero-order valence-electron chi connectivity index (χ0n) is 20.6. The fraction of sp³-hybridized carbons (Fsp3) is 0.345. The highest BCUT2D eigenvalue weighted by molar-refractivity contribution is 7.92. The summed E-state index contributed by atoms with van der Waals surface area (Å²) in [5.74, 6) is -0.946. The molecule has 0 saturated carbocycles. The predicted molar refractivity (Wildman–Crippen MR) is 142 cm³/mol. The third-order valence-corrected chi connectivity index (χ3v) is 8.05. The van der Waals surface area contributed by atoms with Crippen molar-refractivity contribution >= 4 is 21.7 Å². The van der Waals surface area contributed by atoms with Gasteiger partial charge in [0.15, 0.2) is 0 Å². The molecule has 0 aromatic heterocycles. The summed E-state index contributed by atoms with van der Waals surface area (Å²) in [7, 11) is -3.72. The van der Waals surface area contributed by atoms with Gasteiger partial charge in [-0.05, 0) is 67.6 Å². The van der Waals surface area contributed by atoms with Gasteiger partial charge in [-0.3, -0.25) is 4.31 Å². The Hall–Kier alpha value is -3.12. The first-order valence-corrected chi connectivity index (χ1v) is 13.8. The largest absolute Gasteiger partial charge is 0.478 e. The number of carboxylic acid groups (broad SMARTS) is 1. The van der Waals surface area contributed by atoms with E-state index in [1.54, 1.807) is 28.6 Å². The molecule has 3 rings (SSSR count). The summed E-state index contributed by atoms with van der Waals surface area (Å²) < 4.78 is 29.1. The second-order valence-corrected chi connectivity index (χ2v) is 10.8. The van der Waals surface area contributed by atoms with E-state index in [0.29, 0.717) is 30.0 Å². The number of nitrogens with zero attached hydrogens (tertiary/aromatic N) is 1. The van der Waals surface area contributed by atoms with Crippen molar-refractivity contribution in [3.05, 3.63) is 95.1 Å². The molecule has 5 nitrogen and oxygen atoms in total. The maximum Gasteiger partial charge on any atom is 0.335 e. The molecule has 0 aliphatic rings. The number of para-hydroxylation sites is 1. The third-order valence-electron chi connectivity index (χ3n) is 6.22. The Morgan fingerprint density at radius 1 is 0.829 bits per heavy atom. The van der Waals surface area contributed by atoms with E-state index in [1.165, 1.54) is 0 Å². The van der Waals surface area contributed by atoms with E-state index < -0.39 is 16.0 Å². The molecule has 0 amide bonds. The van der Waals surface area contributed by atoms with E-state index in [-0.39, 0.29) is 5.56 Å². The quantitative estimate of drug-likeness (QED) is 0.271. The van der Waals surface area contributed by atoms with Gasteiger partial charge in [0, 0.05) is 6.54 Å². The molecule has 0 saturated heterocycles. The number of sulfonamides is 1. The van der Waals surface area contributed by atoms with Crippen molar-refractivity contribution in [2.24, 2.45) is 0 Å². The molecule has 0 fully saturated rings. The zero-order chi connectivity index (χ0) is 25.3. The van der Waals surface area contributed by atoms with Crippen molar-refractivity contribution < 1.29 is 18.3 Å². The van der Waals surface area contributed by atoms with Crippen LogP contribution in [-0.2, 0) is 22.9 Å². The average molecular weight is 494 g/mol. The van der Waals surface area contributed by atoms with Crippen LogP contribution in [0.15, 0.2) is 77.7 Å². The van der Waals surface area contributed by atoms with E-state index in [2.05, 4.69) is 6.92 Å². The van der Waals surface area contributed by atoms with Crippen molar-refractivity contribution in [1.29, 1.82) is 0 Å². The second kappa shape index (κ2) is 12.5. The average Bonchev–Trinajstić information content (AvgIpc) is 2.85. The number of benzene rings is 3. The van der Waals surface area contributed by atoms with Gasteiger partial charge in [0.2, 0.25) is 0 Å². The normalized spacial score (nSPS) is 11.4. The van der Waals surface area contributed by atoms with Crippen molar-refractivity contribution in [1.82, 2.24) is 0 Å². The number of carbonyl (C=O) groups is 1. The minimum atomic E-state index is -3.72. The van der Waals surface area contributed by atoms with E-state index >= 15 is 0 Å². The fourth-order valence-electron chi connectivity index (χ4n) is 4.13. The van der Waals surface area contributed by atoms with E-state index in [1.807, 2.05) is 55.5 Å². The molecule has 0 bridgehead atoms. The summed E-state index contributed by atoms with van der Waals surface area (Å²) in [6.45, 7) is 4.55. The Morgan fingerprint density at radius 3 is 2.14 bits per heavy atom. The molecule has 0 heterocycles. The molecule has 0 unspecified atom stereocenters. The molecule has 0 atom stereocenters. The van der Waals surface area contributed by atoms with Gasteiger partial charge < -0.3 is 5.11 Å². The Balaban J connectivity index is 1.87. The number of anilines is 1. The predicted octanol–water partition coefficient (Wildman–Crippen LogP) is 6.64. The highest BCUT2D eigenvalue weighted by Crippen LogP contribution is 2.29. The number of aryl methyl sites for hydroxylation is 3. The lowest BCUT2D eigenvalue weighted by Crippen LogP contribution is -2.33. The van der Waals surface area contributed by atoms with E-state index in [4.69, 9.17) is 5.11 Å².